The first-order valence-electron chi connectivity index (χ1n) is 4.83. The van der Waals surface area contributed by atoms with Gasteiger partial charge >= 0.3 is 5.97 Å². The van der Waals surface area contributed by atoms with Crippen molar-refractivity contribution >= 4 is 5.97 Å². The van der Waals surface area contributed by atoms with Crippen molar-refractivity contribution < 1.29 is 19.6 Å². The number of rotatable bonds is 6. The molecule has 0 aliphatic carbocycles. The minimum absolute atomic E-state index is 0.317. The number of nitrogens with zero attached hydrogens (tertiary/aromatic N) is 1. The van der Waals surface area contributed by atoms with Crippen LogP contribution < -0.4 is 0 Å². The summed E-state index contributed by atoms with van der Waals surface area (Å²) >= 11 is 0. The van der Waals surface area contributed by atoms with E-state index in [4.69, 9.17) is 14.8 Å². The fraction of sp³-hybridized carbons (Fsp3) is 0.364. The molecule has 0 spiro atoms. The van der Waals surface area contributed by atoms with Crippen LogP contribution in [-0.2, 0) is 20.9 Å². The number of carboxylic acids is 1. The molecule has 1 unspecified atom stereocenters. The Morgan fingerprint density at radius 1 is 1.31 bits per heavy atom. The van der Waals surface area contributed by atoms with Crippen molar-refractivity contribution in [3.05, 3.63) is 35.9 Å². The molecule has 0 fully saturated rings. The topological polar surface area (TPSA) is 59.0 Å². The van der Waals surface area contributed by atoms with Crippen LogP contribution in [0.3, 0.4) is 0 Å². The van der Waals surface area contributed by atoms with E-state index in [1.54, 1.807) is 0 Å². The monoisotopic (exact) mass is 225 g/mol. The van der Waals surface area contributed by atoms with Crippen LogP contribution >= 0.6 is 0 Å². The summed E-state index contributed by atoms with van der Waals surface area (Å²) in [6.07, 6.45) is 0.317. The lowest BCUT2D eigenvalue weighted by atomic mass is 10.1. The van der Waals surface area contributed by atoms with Crippen molar-refractivity contribution in [3.63, 3.8) is 0 Å². The summed E-state index contributed by atoms with van der Waals surface area (Å²) in [6, 6.07) is 8.45. The predicted molar refractivity (Wildman–Crippen MR) is 57.4 cm³/mol. The van der Waals surface area contributed by atoms with E-state index in [-0.39, 0.29) is 0 Å². The maximum Gasteiger partial charge on any atom is 0.326 e. The van der Waals surface area contributed by atoms with E-state index in [1.807, 2.05) is 30.3 Å². The van der Waals surface area contributed by atoms with Gasteiger partial charge in [-0.2, -0.15) is 0 Å². The van der Waals surface area contributed by atoms with Gasteiger partial charge in [0.2, 0.25) is 0 Å². The molecular weight excluding hydrogens is 210 g/mol. The fourth-order valence-electron chi connectivity index (χ4n) is 1.42. The highest BCUT2D eigenvalue weighted by Gasteiger charge is 2.26. The Bertz CT molecular complexity index is 324. The van der Waals surface area contributed by atoms with Gasteiger partial charge in [0.25, 0.3) is 0 Å². The van der Waals surface area contributed by atoms with E-state index in [1.165, 1.54) is 14.2 Å². The highest BCUT2D eigenvalue weighted by atomic mass is 16.9. The quantitative estimate of drug-likeness (QED) is 0.735. The molecular formula is C11H15NO4. The van der Waals surface area contributed by atoms with Gasteiger partial charge < -0.3 is 5.11 Å². The number of benzene rings is 1. The van der Waals surface area contributed by atoms with Crippen LogP contribution in [0.25, 0.3) is 0 Å². The second-order valence-electron chi connectivity index (χ2n) is 3.19. The lowest BCUT2D eigenvalue weighted by Crippen LogP contribution is -2.41. The minimum atomic E-state index is -0.993. The largest absolute Gasteiger partial charge is 0.480 e. The smallest absolute Gasteiger partial charge is 0.326 e. The molecule has 0 aromatic heterocycles. The molecule has 1 atom stereocenters. The van der Waals surface area contributed by atoms with Crippen LogP contribution in [-0.4, -0.2) is 36.6 Å². The van der Waals surface area contributed by atoms with Gasteiger partial charge in [0.05, 0.1) is 14.2 Å². The molecule has 1 aromatic rings. The maximum absolute atomic E-state index is 11.1. The summed E-state index contributed by atoms with van der Waals surface area (Å²) < 4.78 is 0. The second-order valence-corrected chi connectivity index (χ2v) is 3.19. The highest BCUT2D eigenvalue weighted by molar-refractivity contribution is 5.73. The van der Waals surface area contributed by atoms with E-state index >= 15 is 0 Å². The molecule has 1 rings (SSSR count). The van der Waals surface area contributed by atoms with Gasteiger partial charge in [-0.05, 0) is 5.56 Å². The van der Waals surface area contributed by atoms with E-state index in [2.05, 4.69) is 0 Å². The van der Waals surface area contributed by atoms with Gasteiger partial charge in [-0.3, -0.25) is 14.5 Å². The van der Waals surface area contributed by atoms with Crippen LogP contribution in [0.5, 0.6) is 0 Å². The van der Waals surface area contributed by atoms with Crippen LogP contribution in [0, 0.1) is 0 Å². The molecule has 88 valence electrons. The van der Waals surface area contributed by atoms with Gasteiger partial charge in [-0.15, -0.1) is 0 Å². The van der Waals surface area contributed by atoms with Gasteiger partial charge in [-0.1, -0.05) is 35.6 Å². The Labute approximate surface area is 94.1 Å². The Morgan fingerprint density at radius 3 is 2.31 bits per heavy atom. The van der Waals surface area contributed by atoms with Gasteiger partial charge in [0, 0.05) is 6.42 Å². The van der Waals surface area contributed by atoms with Crippen molar-refractivity contribution in [1.29, 1.82) is 0 Å². The summed E-state index contributed by atoms with van der Waals surface area (Å²) in [7, 11) is 2.73. The third-order valence-corrected chi connectivity index (χ3v) is 2.17. The van der Waals surface area contributed by atoms with E-state index < -0.39 is 12.0 Å². The van der Waals surface area contributed by atoms with Crippen LogP contribution in [0.2, 0.25) is 0 Å². The van der Waals surface area contributed by atoms with Gasteiger partial charge in [-0.25, -0.2) is 0 Å². The Morgan fingerprint density at radius 2 is 1.88 bits per heavy atom. The number of carbonyl (C=O) groups is 1. The highest BCUT2D eigenvalue weighted by Crippen LogP contribution is 2.09. The van der Waals surface area contributed by atoms with Crippen molar-refractivity contribution in [2.75, 3.05) is 14.2 Å². The first-order valence-corrected chi connectivity index (χ1v) is 4.83. The molecule has 5 heteroatoms. The Kier molecular flexibility index (Phi) is 4.91. The molecule has 0 aliphatic heterocycles. The standard InChI is InChI=1S/C11H15NO4/c1-15-12(16-2)10(11(13)14)8-9-6-4-3-5-7-9/h3-7,10H,8H2,1-2H3,(H,13,14). The Balaban J connectivity index is 2.76. The normalized spacial score (nSPS) is 12.7. The van der Waals surface area contributed by atoms with Crippen molar-refractivity contribution in [1.82, 2.24) is 5.23 Å². The van der Waals surface area contributed by atoms with Crippen LogP contribution in [0.1, 0.15) is 5.56 Å². The minimum Gasteiger partial charge on any atom is -0.480 e. The maximum atomic E-state index is 11.1. The number of hydrogen-bond donors (Lipinski definition) is 1. The molecule has 0 amide bonds. The SMILES string of the molecule is CON(OC)C(Cc1ccccc1)C(=O)O. The molecule has 1 aromatic carbocycles. The molecule has 0 heterocycles. The predicted octanol–water partition coefficient (Wildman–Crippen LogP) is 1.11. The number of carboxylic acid groups (broad SMARTS) is 1. The van der Waals surface area contributed by atoms with Crippen LogP contribution in [0.4, 0.5) is 0 Å². The lowest BCUT2D eigenvalue weighted by molar-refractivity contribution is -0.359. The summed E-state index contributed by atoms with van der Waals surface area (Å²) in [5, 5.41) is 10.0. The second kappa shape index (κ2) is 6.22. The molecule has 0 saturated carbocycles. The van der Waals surface area contributed by atoms with Gasteiger partial charge in [0.1, 0.15) is 0 Å². The Hall–Kier alpha value is -1.43. The van der Waals surface area contributed by atoms with Crippen molar-refractivity contribution in [3.8, 4) is 0 Å². The summed E-state index contributed by atoms with van der Waals surface area (Å²) in [5.74, 6) is -0.993. The summed E-state index contributed by atoms with van der Waals surface area (Å²) in [6.45, 7) is 0. The van der Waals surface area contributed by atoms with E-state index in [9.17, 15) is 4.79 Å². The molecule has 1 N–H and O–H groups in total. The summed E-state index contributed by atoms with van der Waals surface area (Å²) in [4.78, 5) is 20.7. The third kappa shape index (κ3) is 3.30. The first-order chi connectivity index (χ1) is 7.69. The number of aliphatic carboxylic acids is 1. The summed E-state index contributed by atoms with van der Waals surface area (Å²) in [5.41, 5.74) is 0.911. The number of hydroxylamine groups is 2. The molecule has 0 saturated heterocycles. The van der Waals surface area contributed by atoms with Crippen molar-refractivity contribution in [2.24, 2.45) is 0 Å². The third-order valence-electron chi connectivity index (χ3n) is 2.17. The fourth-order valence-corrected chi connectivity index (χ4v) is 1.42. The number of hydrogen-bond acceptors (Lipinski definition) is 4. The van der Waals surface area contributed by atoms with E-state index in [0.29, 0.717) is 6.42 Å². The molecule has 0 bridgehead atoms. The average molecular weight is 225 g/mol. The molecule has 16 heavy (non-hydrogen) atoms. The molecule has 0 aliphatic rings. The van der Waals surface area contributed by atoms with E-state index in [0.717, 1.165) is 10.8 Å². The van der Waals surface area contributed by atoms with Crippen LogP contribution in [0.15, 0.2) is 30.3 Å². The molecule has 0 radical (unpaired) electrons. The zero-order chi connectivity index (χ0) is 12.0. The zero-order valence-electron chi connectivity index (χ0n) is 9.29. The average Bonchev–Trinajstić information content (AvgIpc) is 2.30. The van der Waals surface area contributed by atoms with Crippen molar-refractivity contribution in [2.45, 2.75) is 12.5 Å². The first kappa shape index (κ1) is 12.6. The van der Waals surface area contributed by atoms with Gasteiger partial charge in [0.15, 0.2) is 6.04 Å². The zero-order valence-corrected chi connectivity index (χ0v) is 9.29. The lowest BCUT2D eigenvalue weighted by Gasteiger charge is -2.23. The molecule has 5 nitrogen and oxygen atoms in total.